The van der Waals surface area contributed by atoms with Crippen LogP contribution in [0.1, 0.15) is 83.8 Å². The van der Waals surface area contributed by atoms with Crippen molar-refractivity contribution in [3.8, 4) is 0 Å². The highest BCUT2D eigenvalue weighted by Gasteiger charge is 2.23. The molecule has 0 fully saturated rings. The first-order valence-corrected chi connectivity index (χ1v) is 24.7. The largest absolute Gasteiger partial charge is 0.311 e. The van der Waals surface area contributed by atoms with E-state index in [1.165, 1.54) is 56.6 Å². The minimum Gasteiger partial charge on any atom is -0.311 e. The van der Waals surface area contributed by atoms with E-state index in [0.29, 0.717) is 0 Å². The summed E-state index contributed by atoms with van der Waals surface area (Å²) in [6, 6.07) is 50.0. The summed E-state index contributed by atoms with van der Waals surface area (Å²) in [5.74, 6) is 0. The van der Waals surface area contributed by atoms with E-state index in [2.05, 4.69) is 228 Å². The van der Waals surface area contributed by atoms with Crippen LogP contribution >= 0.6 is 0 Å². The number of para-hydroxylation sites is 3. The third-order valence-corrected chi connectivity index (χ3v) is 12.2. The molecule has 5 aromatic rings. The Morgan fingerprint density at radius 3 is 1.71 bits per heavy atom. The van der Waals surface area contributed by atoms with Gasteiger partial charge < -0.3 is 9.80 Å². The summed E-state index contributed by atoms with van der Waals surface area (Å²) in [5, 5.41) is 0. The van der Waals surface area contributed by atoms with Crippen LogP contribution in [0.2, 0.25) is 0 Å². The van der Waals surface area contributed by atoms with E-state index >= 15 is 0 Å². The van der Waals surface area contributed by atoms with Crippen molar-refractivity contribution in [2.45, 2.75) is 72.6 Å². The topological polar surface area (TPSA) is 6.48 Å². The van der Waals surface area contributed by atoms with Gasteiger partial charge in [-0.25, -0.2) is 0 Å². The lowest BCUT2D eigenvalue weighted by Gasteiger charge is -2.27. The SMILES string of the molecule is C=C/C=C\C(=C\C1=CCCCC=C1)C1=C(C2=CC=C(c3ccc(N(C4=CC=CC=C=C4)c4ccccc4)cc3)CC2)CCC(c2ccc(N(c3ccccc3)c3ccccc3)cc2)=C1.CC.CC. The molecule has 0 saturated carbocycles. The summed E-state index contributed by atoms with van der Waals surface area (Å²) in [7, 11) is 0. The minimum atomic E-state index is 0.977. The fraction of sp³-hybridized carbons (Fsp3) is 0.167. The highest BCUT2D eigenvalue weighted by Crippen LogP contribution is 2.43. The molecular formula is C66H66N2. The molecule has 0 spiro atoms. The fourth-order valence-electron chi connectivity index (χ4n) is 9.00. The molecule has 2 heteroatoms. The zero-order chi connectivity index (χ0) is 47.3. The Morgan fingerprint density at radius 2 is 1.10 bits per heavy atom. The van der Waals surface area contributed by atoms with Crippen LogP contribution in [0, 0.1) is 0 Å². The van der Waals surface area contributed by atoms with Crippen LogP contribution in [-0.2, 0) is 0 Å². The van der Waals surface area contributed by atoms with Gasteiger partial charge in [0, 0.05) is 34.5 Å². The van der Waals surface area contributed by atoms with E-state index in [1.807, 2.05) is 52.0 Å². The summed E-state index contributed by atoms with van der Waals surface area (Å²) in [6.45, 7) is 12.1. The second-order valence-corrected chi connectivity index (χ2v) is 16.4. The summed E-state index contributed by atoms with van der Waals surface area (Å²) in [6.07, 6.45) is 40.4. The standard InChI is InChI=1S/C62H54N2.2C2H6/c1-2-3-23-54(46-48-21-11-4-5-12-22-48)62-47-53(51-38-43-60(44-39-51)64(57-28-17-9-18-29-57)58-30-19-10-20-31-58)40-45-61(62)52-34-32-49(33-35-52)50-36-41-59(42-37-50)63(56-26-15-8-16-27-56)55-24-13-6-7-14-25-55;2*1-2/h2-3,6-11,13,15-32,34,36-39,41-44,46-47H,1,4-5,12,33,35,40,45H2;2*1-2H3/b23-3-,54-46-;;. The number of hydrogen-bond donors (Lipinski definition) is 0. The lowest BCUT2D eigenvalue weighted by atomic mass is 9.79. The van der Waals surface area contributed by atoms with Crippen LogP contribution in [0.3, 0.4) is 0 Å². The van der Waals surface area contributed by atoms with Gasteiger partial charge in [0.15, 0.2) is 0 Å². The van der Waals surface area contributed by atoms with Crippen molar-refractivity contribution in [2.24, 2.45) is 0 Å². The van der Waals surface area contributed by atoms with Crippen LogP contribution in [-0.4, -0.2) is 0 Å². The van der Waals surface area contributed by atoms with Gasteiger partial charge in [-0.3, -0.25) is 0 Å². The lowest BCUT2D eigenvalue weighted by Crippen LogP contribution is -2.14. The number of anilines is 5. The first-order valence-electron chi connectivity index (χ1n) is 24.7. The van der Waals surface area contributed by atoms with E-state index in [0.717, 1.165) is 72.7 Å². The fourth-order valence-corrected chi connectivity index (χ4v) is 9.00. The Balaban J connectivity index is 0.00000167. The average molecular weight is 887 g/mol. The van der Waals surface area contributed by atoms with Crippen LogP contribution < -0.4 is 9.80 Å². The molecule has 0 amide bonds. The van der Waals surface area contributed by atoms with Crippen molar-refractivity contribution in [1.29, 1.82) is 0 Å². The molecule has 2 nitrogen and oxygen atoms in total. The molecule has 0 heterocycles. The predicted molar refractivity (Wildman–Crippen MR) is 297 cm³/mol. The maximum Gasteiger partial charge on any atom is 0.0538 e. The van der Waals surface area contributed by atoms with Crippen molar-refractivity contribution in [3.63, 3.8) is 0 Å². The average Bonchev–Trinajstić information content (AvgIpc) is 3.86. The van der Waals surface area contributed by atoms with Gasteiger partial charge in [0.05, 0.1) is 5.70 Å². The second kappa shape index (κ2) is 25.3. The number of nitrogens with zero attached hydrogens (tertiary/aromatic N) is 2. The van der Waals surface area contributed by atoms with Gasteiger partial charge in [0.1, 0.15) is 0 Å². The molecular weight excluding hydrogens is 821 g/mol. The Kier molecular flexibility index (Phi) is 18.0. The van der Waals surface area contributed by atoms with Crippen molar-refractivity contribution >= 4 is 39.6 Å². The zero-order valence-electron chi connectivity index (χ0n) is 40.5. The third-order valence-electron chi connectivity index (χ3n) is 12.2. The second-order valence-electron chi connectivity index (χ2n) is 16.4. The van der Waals surface area contributed by atoms with Crippen molar-refractivity contribution in [3.05, 3.63) is 288 Å². The molecule has 0 aliphatic heterocycles. The molecule has 0 unspecified atom stereocenters. The van der Waals surface area contributed by atoms with Gasteiger partial charge in [-0.15, -0.1) is 5.73 Å². The summed E-state index contributed by atoms with van der Waals surface area (Å²) in [5.41, 5.74) is 21.9. The number of benzene rings is 5. The molecule has 340 valence electrons. The van der Waals surface area contributed by atoms with Crippen LogP contribution in [0.4, 0.5) is 28.4 Å². The maximum absolute atomic E-state index is 4.06. The monoisotopic (exact) mass is 887 g/mol. The Bertz CT molecular complexity index is 2800. The maximum atomic E-state index is 4.06. The van der Waals surface area contributed by atoms with Gasteiger partial charge in [-0.1, -0.05) is 180 Å². The molecule has 4 aliphatic carbocycles. The molecule has 0 radical (unpaired) electrons. The summed E-state index contributed by atoms with van der Waals surface area (Å²) < 4.78 is 0. The molecule has 0 aromatic heterocycles. The van der Waals surface area contributed by atoms with Crippen molar-refractivity contribution in [2.75, 3.05) is 9.80 Å². The van der Waals surface area contributed by atoms with Gasteiger partial charge >= 0.3 is 0 Å². The van der Waals surface area contributed by atoms with Crippen LogP contribution in [0.25, 0.3) is 11.1 Å². The Labute approximate surface area is 407 Å². The predicted octanol–water partition coefficient (Wildman–Crippen LogP) is 19.1. The normalized spacial score (nSPS) is 15.5. The van der Waals surface area contributed by atoms with E-state index in [9.17, 15) is 0 Å². The Morgan fingerprint density at radius 1 is 0.559 bits per heavy atom. The molecule has 4 aliphatic rings. The summed E-state index contributed by atoms with van der Waals surface area (Å²) in [4.78, 5) is 4.61. The molecule has 0 atom stereocenters. The van der Waals surface area contributed by atoms with E-state index in [1.54, 1.807) is 0 Å². The Hall–Kier alpha value is -7.64. The summed E-state index contributed by atoms with van der Waals surface area (Å²) >= 11 is 0. The smallest absolute Gasteiger partial charge is 0.0538 e. The van der Waals surface area contributed by atoms with E-state index in [4.69, 9.17) is 0 Å². The minimum absolute atomic E-state index is 0.977. The molecule has 5 aromatic carbocycles. The van der Waals surface area contributed by atoms with Crippen molar-refractivity contribution < 1.29 is 0 Å². The van der Waals surface area contributed by atoms with Crippen LogP contribution in [0.5, 0.6) is 0 Å². The molecule has 9 rings (SSSR count). The van der Waals surface area contributed by atoms with Gasteiger partial charge in [-0.2, -0.15) is 0 Å². The molecule has 0 N–H and O–H groups in total. The third kappa shape index (κ3) is 12.2. The first kappa shape index (κ1) is 48.3. The van der Waals surface area contributed by atoms with Crippen LogP contribution in [0.15, 0.2) is 277 Å². The first-order chi connectivity index (χ1) is 33.7. The molecule has 0 bridgehead atoms. The zero-order valence-corrected chi connectivity index (χ0v) is 40.5. The number of allylic oxidation sites excluding steroid dienone is 21. The highest BCUT2D eigenvalue weighted by molar-refractivity contribution is 5.81. The van der Waals surface area contributed by atoms with Gasteiger partial charge in [0.2, 0.25) is 0 Å². The van der Waals surface area contributed by atoms with E-state index < -0.39 is 0 Å². The van der Waals surface area contributed by atoms with Gasteiger partial charge in [-0.05, 0) is 174 Å². The highest BCUT2D eigenvalue weighted by atomic mass is 15.1. The van der Waals surface area contributed by atoms with Crippen molar-refractivity contribution in [1.82, 2.24) is 0 Å². The number of hydrogen-bond acceptors (Lipinski definition) is 2. The quantitative estimate of drug-likeness (QED) is 0.0858. The van der Waals surface area contributed by atoms with E-state index in [-0.39, 0.29) is 0 Å². The van der Waals surface area contributed by atoms with Gasteiger partial charge in [0.25, 0.3) is 0 Å². The lowest BCUT2D eigenvalue weighted by molar-refractivity contribution is 0.875. The molecule has 0 saturated heterocycles. The molecule has 68 heavy (non-hydrogen) atoms. The number of rotatable bonds is 13.